The zero-order chi connectivity index (χ0) is 16.9. The second kappa shape index (κ2) is 7.27. The van der Waals surface area contributed by atoms with Crippen LogP contribution in [-0.2, 0) is 4.79 Å². The lowest BCUT2D eigenvalue weighted by atomic mass is 10.1. The molecule has 0 spiro atoms. The van der Waals surface area contributed by atoms with Crippen LogP contribution in [-0.4, -0.2) is 22.4 Å². The molecule has 24 heavy (non-hydrogen) atoms. The van der Waals surface area contributed by atoms with Gasteiger partial charge in [-0.25, -0.2) is 4.98 Å². The molecule has 0 atom stereocenters. The van der Waals surface area contributed by atoms with E-state index in [0.717, 1.165) is 15.8 Å². The first-order valence-electron chi connectivity index (χ1n) is 7.51. The van der Waals surface area contributed by atoms with Crippen molar-refractivity contribution in [1.29, 1.82) is 0 Å². The second-order valence-corrected chi connectivity index (χ2v) is 6.27. The molecule has 1 amide bonds. The molecule has 0 saturated carbocycles. The maximum absolute atomic E-state index is 12.1. The van der Waals surface area contributed by atoms with E-state index in [9.17, 15) is 9.59 Å². The lowest BCUT2D eigenvalue weighted by molar-refractivity contribution is -0.113. The van der Waals surface area contributed by atoms with Crippen molar-refractivity contribution in [3.63, 3.8) is 0 Å². The van der Waals surface area contributed by atoms with Crippen LogP contribution in [0.5, 0.6) is 0 Å². The van der Waals surface area contributed by atoms with Gasteiger partial charge in [-0.3, -0.25) is 9.59 Å². The average Bonchev–Trinajstić information content (AvgIpc) is 2.60. The maximum atomic E-state index is 12.1. The SMILES string of the molecule is CC(=O)c1ccc(NC(=O)CSc2nccc3ccccc23)cc1. The van der Waals surface area contributed by atoms with Crippen LogP contribution >= 0.6 is 11.8 Å². The Labute approximate surface area is 144 Å². The zero-order valence-electron chi connectivity index (χ0n) is 13.2. The van der Waals surface area contributed by atoms with Crippen molar-refractivity contribution in [1.82, 2.24) is 4.98 Å². The van der Waals surface area contributed by atoms with Gasteiger partial charge in [-0.2, -0.15) is 0 Å². The first-order chi connectivity index (χ1) is 11.6. The van der Waals surface area contributed by atoms with Crippen LogP contribution < -0.4 is 5.32 Å². The van der Waals surface area contributed by atoms with E-state index in [4.69, 9.17) is 0 Å². The first-order valence-corrected chi connectivity index (χ1v) is 8.49. The number of ketones is 1. The first kappa shape index (κ1) is 16.2. The van der Waals surface area contributed by atoms with Crippen molar-refractivity contribution >= 4 is 39.9 Å². The van der Waals surface area contributed by atoms with Crippen molar-refractivity contribution < 1.29 is 9.59 Å². The van der Waals surface area contributed by atoms with Crippen molar-refractivity contribution in [3.8, 4) is 0 Å². The summed E-state index contributed by atoms with van der Waals surface area (Å²) in [6.45, 7) is 1.52. The Kier molecular flexibility index (Phi) is 4.91. The van der Waals surface area contributed by atoms with Gasteiger partial charge in [-0.1, -0.05) is 36.0 Å². The summed E-state index contributed by atoms with van der Waals surface area (Å²) >= 11 is 1.41. The summed E-state index contributed by atoms with van der Waals surface area (Å²) in [5.41, 5.74) is 1.30. The van der Waals surface area contributed by atoms with Crippen LogP contribution in [0.4, 0.5) is 5.69 Å². The molecular formula is C19H16N2O2S. The van der Waals surface area contributed by atoms with Gasteiger partial charge in [0.15, 0.2) is 5.78 Å². The van der Waals surface area contributed by atoms with Gasteiger partial charge in [0, 0.05) is 22.8 Å². The van der Waals surface area contributed by atoms with Crippen molar-refractivity contribution in [2.24, 2.45) is 0 Å². The second-order valence-electron chi connectivity index (χ2n) is 5.31. The van der Waals surface area contributed by atoms with Crippen molar-refractivity contribution in [2.45, 2.75) is 11.9 Å². The lowest BCUT2D eigenvalue weighted by Gasteiger charge is -2.07. The molecule has 3 rings (SSSR count). The number of Topliss-reactive ketones (excluding diaryl/α,β-unsaturated/α-hetero) is 1. The molecule has 0 saturated heterocycles. The summed E-state index contributed by atoms with van der Waals surface area (Å²) in [5, 5.41) is 5.82. The number of pyridine rings is 1. The Morgan fingerprint density at radius 1 is 1.04 bits per heavy atom. The normalized spacial score (nSPS) is 10.5. The highest BCUT2D eigenvalue weighted by atomic mass is 32.2. The fourth-order valence-corrected chi connectivity index (χ4v) is 3.14. The van der Waals surface area contributed by atoms with E-state index in [1.165, 1.54) is 18.7 Å². The van der Waals surface area contributed by atoms with E-state index >= 15 is 0 Å². The molecule has 0 aliphatic rings. The molecule has 1 N–H and O–H groups in total. The number of carbonyl (C=O) groups excluding carboxylic acids is 2. The summed E-state index contributed by atoms with van der Waals surface area (Å²) in [5.74, 6) is 0.172. The number of thioether (sulfide) groups is 1. The van der Waals surface area contributed by atoms with Crippen LogP contribution in [0.3, 0.4) is 0 Å². The van der Waals surface area contributed by atoms with Crippen molar-refractivity contribution in [2.75, 3.05) is 11.1 Å². The lowest BCUT2D eigenvalue weighted by Crippen LogP contribution is -2.14. The molecule has 120 valence electrons. The minimum Gasteiger partial charge on any atom is -0.325 e. The maximum Gasteiger partial charge on any atom is 0.234 e. The summed E-state index contributed by atoms with van der Waals surface area (Å²) in [4.78, 5) is 27.7. The van der Waals surface area contributed by atoms with Gasteiger partial charge < -0.3 is 5.32 Å². The number of nitrogens with zero attached hydrogens (tertiary/aromatic N) is 1. The number of hydrogen-bond acceptors (Lipinski definition) is 4. The van der Waals surface area contributed by atoms with Crippen LogP contribution in [0.1, 0.15) is 17.3 Å². The molecule has 5 heteroatoms. The third kappa shape index (κ3) is 3.81. The molecule has 1 aromatic heterocycles. The summed E-state index contributed by atoms with van der Waals surface area (Å²) < 4.78 is 0. The number of carbonyl (C=O) groups is 2. The van der Waals surface area contributed by atoms with Gasteiger partial charge >= 0.3 is 0 Å². The molecule has 2 aromatic carbocycles. The summed E-state index contributed by atoms with van der Waals surface area (Å²) in [6.07, 6.45) is 1.75. The van der Waals surface area contributed by atoms with Crippen LogP contribution in [0.15, 0.2) is 65.8 Å². The molecule has 0 aliphatic carbocycles. The fraction of sp³-hybridized carbons (Fsp3) is 0.105. The molecule has 3 aromatic rings. The molecule has 0 fully saturated rings. The Morgan fingerprint density at radius 2 is 1.79 bits per heavy atom. The third-order valence-corrected chi connectivity index (χ3v) is 4.56. The topological polar surface area (TPSA) is 59.1 Å². The largest absolute Gasteiger partial charge is 0.325 e. The Morgan fingerprint density at radius 3 is 2.54 bits per heavy atom. The highest BCUT2D eigenvalue weighted by Crippen LogP contribution is 2.25. The number of hydrogen-bond donors (Lipinski definition) is 1. The van der Waals surface area contributed by atoms with Crippen LogP contribution in [0.25, 0.3) is 10.8 Å². The predicted octanol–water partition coefficient (Wildman–Crippen LogP) is 4.17. The van der Waals surface area contributed by atoms with Gasteiger partial charge in [-0.05, 0) is 42.6 Å². The minimum atomic E-state index is -0.106. The smallest absolute Gasteiger partial charge is 0.234 e. The van der Waals surface area contributed by atoms with Gasteiger partial charge in [-0.15, -0.1) is 0 Å². The molecule has 0 unspecified atom stereocenters. The van der Waals surface area contributed by atoms with E-state index in [-0.39, 0.29) is 17.4 Å². The molecule has 1 heterocycles. The van der Waals surface area contributed by atoms with Gasteiger partial charge in [0.2, 0.25) is 5.91 Å². The number of rotatable bonds is 5. The predicted molar refractivity (Wildman–Crippen MR) is 97.5 cm³/mol. The Balaban J connectivity index is 1.64. The van der Waals surface area contributed by atoms with E-state index in [1.807, 2.05) is 30.3 Å². The highest BCUT2D eigenvalue weighted by molar-refractivity contribution is 8.00. The number of anilines is 1. The number of fused-ring (bicyclic) bond motifs is 1. The number of benzene rings is 2. The molecular weight excluding hydrogens is 320 g/mol. The fourth-order valence-electron chi connectivity index (χ4n) is 2.33. The number of nitrogens with one attached hydrogen (secondary N) is 1. The van der Waals surface area contributed by atoms with Gasteiger partial charge in [0.05, 0.1) is 5.75 Å². The average molecular weight is 336 g/mol. The highest BCUT2D eigenvalue weighted by Gasteiger charge is 2.08. The van der Waals surface area contributed by atoms with Crippen LogP contribution in [0, 0.1) is 0 Å². The van der Waals surface area contributed by atoms with E-state index < -0.39 is 0 Å². The zero-order valence-corrected chi connectivity index (χ0v) is 14.0. The van der Waals surface area contributed by atoms with Gasteiger partial charge in [0.25, 0.3) is 0 Å². The Bertz CT molecular complexity index is 886. The number of amides is 1. The third-order valence-electron chi connectivity index (χ3n) is 3.55. The number of aromatic nitrogens is 1. The van der Waals surface area contributed by atoms with Gasteiger partial charge in [0.1, 0.15) is 5.03 Å². The van der Waals surface area contributed by atoms with E-state index in [2.05, 4.69) is 10.3 Å². The van der Waals surface area contributed by atoms with Crippen molar-refractivity contribution in [3.05, 3.63) is 66.4 Å². The monoisotopic (exact) mass is 336 g/mol. The molecule has 4 nitrogen and oxygen atoms in total. The van der Waals surface area contributed by atoms with E-state index in [1.54, 1.807) is 30.5 Å². The van der Waals surface area contributed by atoms with Crippen LogP contribution in [0.2, 0.25) is 0 Å². The minimum absolute atomic E-state index is 0.00506. The quantitative estimate of drug-likeness (QED) is 0.561. The summed E-state index contributed by atoms with van der Waals surface area (Å²) in [7, 11) is 0. The molecule has 0 bridgehead atoms. The standard InChI is InChI=1S/C19H16N2O2S/c1-13(22)14-6-8-16(9-7-14)21-18(23)12-24-19-17-5-3-2-4-15(17)10-11-20-19/h2-11H,12H2,1H3,(H,21,23). The Hall–Kier alpha value is -2.66. The summed E-state index contributed by atoms with van der Waals surface area (Å²) in [6, 6.07) is 16.8. The van der Waals surface area contributed by atoms with E-state index in [0.29, 0.717) is 11.3 Å². The molecule has 0 radical (unpaired) electrons. The molecule has 0 aliphatic heterocycles.